The highest BCUT2D eigenvalue weighted by Gasteiger charge is 2.31. The van der Waals surface area contributed by atoms with E-state index in [4.69, 9.17) is 4.98 Å². The average molecular weight is 454 g/mol. The molecule has 0 bridgehead atoms. The highest BCUT2D eigenvalue weighted by atomic mass is 19.4. The Kier molecular flexibility index (Phi) is 5.60. The van der Waals surface area contributed by atoms with Crippen molar-refractivity contribution in [3.8, 4) is 0 Å². The van der Waals surface area contributed by atoms with Gasteiger partial charge in [0.1, 0.15) is 5.82 Å². The number of carbonyl (C=O) groups excluding carboxylic acids is 1. The van der Waals surface area contributed by atoms with Crippen molar-refractivity contribution in [1.29, 1.82) is 0 Å². The molecule has 8 heteroatoms. The van der Waals surface area contributed by atoms with E-state index in [9.17, 15) is 18.0 Å². The van der Waals surface area contributed by atoms with Crippen LogP contribution in [0, 0.1) is 5.92 Å². The second-order valence-electron chi connectivity index (χ2n) is 8.72. The van der Waals surface area contributed by atoms with Crippen molar-refractivity contribution in [3.05, 3.63) is 65.7 Å². The maximum atomic E-state index is 13.1. The van der Waals surface area contributed by atoms with Crippen molar-refractivity contribution in [2.45, 2.75) is 19.0 Å². The van der Waals surface area contributed by atoms with Gasteiger partial charge in [-0.25, -0.2) is 4.98 Å². The molecule has 1 amide bonds. The van der Waals surface area contributed by atoms with Crippen LogP contribution >= 0.6 is 0 Å². The number of hydrogen-bond acceptors (Lipinski definition) is 4. The third kappa shape index (κ3) is 4.74. The summed E-state index contributed by atoms with van der Waals surface area (Å²) < 4.78 is 39.3. The minimum Gasteiger partial charge on any atom is -0.368 e. The zero-order valence-electron chi connectivity index (χ0n) is 18.1. The molecule has 1 N–H and O–H groups in total. The Labute approximate surface area is 190 Å². The van der Waals surface area contributed by atoms with Gasteiger partial charge in [-0.3, -0.25) is 4.79 Å². The Morgan fingerprint density at radius 2 is 1.70 bits per heavy atom. The van der Waals surface area contributed by atoms with Crippen molar-refractivity contribution in [2.24, 2.45) is 5.92 Å². The van der Waals surface area contributed by atoms with Crippen LogP contribution in [0.4, 0.5) is 24.7 Å². The predicted molar refractivity (Wildman–Crippen MR) is 123 cm³/mol. The Morgan fingerprint density at radius 3 is 2.42 bits per heavy atom. The van der Waals surface area contributed by atoms with Gasteiger partial charge in [-0.15, -0.1) is 0 Å². The first-order chi connectivity index (χ1) is 15.9. The summed E-state index contributed by atoms with van der Waals surface area (Å²) >= 11 is 0. The number of hydrogen-bond donors (Lipinski definition) is 1. The molecular weight excluding hydrogens is 429 g/mol. The van der Waals surface area contributed by atoms with Crippen LogP contribution in [-0.4, -0.2) is 43.6 Å². The number of fused-ring (bicyclic) bond motifs is 1. The number of rotatable bonds is 5. The van der Waals surface area contributed by atoms with Crippen molar-refractivity contribution in [2.75, 3.05) is 42.5 Å². The summed E-state index contributed by atoms with van der Waals surface area (Å²) in [5.41, 5.74) is 1.29. The van der Waals surface area contributed by atoms with E-state index in [1.165, 1.54) is 25.0 Å². The summed E-state index contributed by atoms with van der Waals surface area (Å²) in [6.07, 6.45) is -2.03. The summed E-state index contributed by atoms with van der Waals surface area (Å²) in [5.74, 6) is 1.21. The van der Waals surface area contributed by atoms with Crippen molar-refractivity contribution < 1.29 is 18.0 Å². The summed E-state index contributed by atoms with van der Waals surface area (Å²) in [7, 11) is 0. The molecule has 0 atom stereocenters. The fraction of sp³-hybridized carbons (Fsp3) is 0.360. The number of amides is 1. The molecule has 172 valence electrons. The van der Waals surface area contributed by atoms with E-state index in [-0.39, 0.29) is 5.91 Å². The summed E-state index contributed by atoms with van der Waals surface area (Å²) in [6, 6.07) is 14.9. The number of nitrogens with one attached hydrogen (secondary N) is 1. The van der Waals surface area contributed by atoms with Gasteiger partial charge in [-0.05, 0) is 49.1 Å². The number of alkyl halides is 3. The van der Waals surface area contributed by atoms with Crippen LogP contribution in [0.3, 0.4) is 0 Å². The minimum atomic E-state index is -4.36. The van der Waals surface area contributed by atoms with Crippen LogP contribution in [0.1, 0.15) is 28.8 Å². The molecule has 0 radical (unpaired) electrons. The van der Waals surface area contributed by atoms with Gasteiger partial charge in [-0.1, -0.05) is 24.3 Å². The number of carbonyl (C=O) groups is 1. The number of para-hydroxylation sites is 1. The van der Waals surface area contributed by atoms with E-state index in [1.807, 2.05) is 35.2 Å². The molecule has 2 heterocycles. The molecule has 2 aliphatic rings. The maximum absolute atomic E-state index is 13.1. The van der Waals surface area contributed by atoms with Gasteiger partial charge in [0.25, 0.3) is 5.91 Å². The zero-order chi connectivity index (χ0) is 23.0. The standard InChI is InChI=1S/C25H25F3N4O/c26-25(27,28)18-4-3-5-19(14-18)31-10-12-32(13-11-31)23-15-21(24(33)29-16-17-8-9-17)20-6-1-2-7-22(20)30-23/h1-7,14-15,17H,8-13,16H2,(H,29,33). The zero-order valence-corrected chi connectivity index (χ0v) is 18.1. The lowest BCUT2D eigenvalue weighted by Gasteiger charge is -2.37. The van der Waals surface area contributed by atoms with E-state index >= 15 is 0 Å². The normalized spacial score (nSPS) is 16.8. The lowest BCUT2D eigenvalue weighted by Crippen LogP contribution is -2.47. The van der Waals surface area contributed by atoms with E-state index in [0.29, 0.717) is 55.7 Å². The molecule has 33 heavy (non-hydrogen) atoms. The molecule has 1 aliphatic heterocycles. The summed E-state index contributed by atoms with van der Waals surface area (Å²) in [6.45, 7) is 3.04. The fourth-order valence-electron chi connectivity index (χ4n) is 4.24. The highest BCUT2D eigenvalue weighted by Crippen LogP contribution is 2.32. The number of nitrogens with zero attached hydrogens (tertiary/aromatic N) is 3. The molecule has 1 aliphatic carbocycles. The van der Waals surface area contributed by atoms with Gasteiger partial charge in [0.15, 0.2) is 0 Å². The van der Waals surface area contributed by atoms with Crippen LogP contribution in [0.5, 0.6) is 0 Å². The van der Waals surface area contributed by atoms with Crippen LogP contribution in [0.25, 0.3) is 10.9 Å². The minimum absolute atomic E-state index is 0.0932. The molecular formula is C25H25F3N4O. The van der Waals surface area contributed by atoms with E-state index in [1.54, 1.807) is 6.07 Å². The number of anilines is 2. The summed E-state index contributed by atoms with van der Waals surface area (Å²) in [4.78, 5) is 21.7. The number of piperazine rings is 1. The fourth-order valence-corrected chi connectivity index (χ4v) is 4.24. The average Bonchev–Trinajstić information content (AvgIpc) is 3.66. The Bertz CT molecular complexity index is 1170. The number of aromatic nitrogens is 1. The second kappa shape index (κ2) is 8.57. The third-order valence-electron chi connectivity index (χ3n) is 6.34. The second-order valence-corrected chi connectivity index (χ2v) is 8.72. The lowest BCUT2D eigenvalue weighted by molar-refractivity contribution is -0.137. The molecule has 2 aromatic carbocycles. The predicted octanol–water partition coefficient (Wildman–Crippen LogP) is 4.72. The van der Waals surface area contributed by atoms with Crippen LogP contribution in [-0.2, 0) is 6.18 Å². The Balaban J connectivity index is 1.34. The van der Waals surface area contributed by atoms with Crippen LogP contribution in [0.2, 0.25) is 0 Å². The largest absolute Gasteiger partial charge is 0.416 e. The molecule has 0 spiro atoms. The first-order valence-electron chi connectivity index (χ1n) is 11.2. The van der Waals surface area contributed by atoms with E-state index in [0.717, 1.165) is 17.0 Å². The maximum Gasteiger partial charge on any atom is 0.416 e. The van der Waals surface area contributed by atoms with E-state index in [2.05, 4.69) is 10.2 Å². The van der Waals surface area contributed by atoms with Gasteiger partial charge in [0, 0.05) is 43.8 Å². The first-order valence-corrected chi connectivity index (χ1v) is 11.2. The Morgan fingerprint density at radius 1 is 0.970 bits per heavy atom. The van der Waals surface area contributed by atoms with Crippen LogP contribution < -0.4 is 15.1 Å². The number of pyridine rings is 1. The molecule has 5 rings (SSSR count). The molecule has 5 nitrogen and oxygen atoms in total. The monoisotopic (exact) mass is 454 g/mol. The smallest absolute Gasteiger partial charge is 0.368 e. The molecule has 2 fully saturated rings. The molecule has 0 unspecified atom stereocenters. The van der Waals surface area contributed by atoms with Gasteiger partial charge in [0.05, 0.1) is 16.6 Å². The topological polar surface area (TPSA) is 48.5 Å². The van der Waals surface area contributed by atoms with Crippen molar-refractivity contribution >= 4 is 28.3 Å². The molecule has 1 saturated heterocycles. The first kappa shape index (κ1) is 21.6. The quantitative estimate of drug-likeness (QED) is 0.606. The lowest BCUT2D eigenvalue weighted by atomic mass is 10.1. The number of benzene rings is 2. The van der Waals surface area contributed by atoms with Crippen molar-refractivity contribution in [3.63, 3.8) is 0 Å². The molecule has 3 aromatic rings. The Hall–Kier alpha value is -3.29. The van der Waals surface area contributed by atoms with Gasteiger partial charge < -0.3 is 15.1 Å². The third-order valence-corrected chi connectivity index (χ3v) is 6.34. The van der Waals surface area contributed by atoms with Gasteiger partial charge in [0.2, 0.25) is 0 Å². The SMILES string of the molecule is O=C(NCC1CC1)c1cc(N2CCN(c3cccc(C(F)(F)F)c3)CC2)nc2ccccc12. The summed E-state index contributed by atoms with van der Waals surface area (Å²) in [5, 5.41) is 3.86. The van der Waals surface area contributed by atoms with Crippen LogP contribution in [0.15, 0.2) is 54.6 Å². The van der Waals surface area contributed by atoms with E-state index < -0.39 is 11.7 Å². The van der Waals surface area contributed by atoms with Crippen molar-refractivity contribution in [1.82, 2.24) is 10.3 Å². The molecule has 1 aromatic heterocycles. The molecule has 1 saturated carbocycles. The van der Waals surface area contributed by atoms with Gasteiger partial charge in [-0.2, -0.15) is 13.2 Å². The highest BCUT2D eigenvalue weighted by molar-refractivity contribution is 6.07. The van der Waals surface area contributed by atoms with Gasteiger partial charge >= 0.3 is 6.18 Å². The number of halogens is 3.